The lowest BCUT2D eigenvalue weighted by molar-refractivity contribution is 0.0864. The number of benzene rings is 1. The fourth-order valence-electron chi connectivity index (χ4n) is 2.21. The van der Waals surface area contributed by atoms with E-state index in [-0.39, 0.29) is 13.2 Å². The van der Waals surface area contributed by atoms with Crippen LogP contribution in [0.3, 0.4) is 0 Å². The Labute approximate surface area is 122 Å². The molecule has 0 saturated carbocycles. The Hall–Kier alpha value is -1.10. The van der Waals surface area contributed by atoms with Gasteiger partial charge in [-0.15, -0.1) is 0 Å². The third-order valence-corrected chi connectivity index (χ3v) is 4.01. The van der Waals surface area contributed by atoms with Crippen LogP contribution in [0.2, 0.25) is 0 Å². The van der Waals surface area contributed by atoms with Crippen LogP contribution in [0, 0.1) is 0 Å². The van der Waals surface area contributed by atoms with Crippen molar-refractivity contribution < 1.29 is 10.2 Å². The largest absolute Gasteiger partial charge is 0.394 e. The van der Waals surface area contributed by atoms with Crippen molar-refractivity contribution in [3.63, 3.8) is 0 Å². The Balaban J connectivity index is 2.66. The highest BCUT2D eigenvalue weighted by molar-refractivity contribution is 5.47. The standard InChI is InChI=1S/C16H28N2O2/c1-4-16(12-19,13-20)17-11-14-7-9-15(10-8-14)18(5-2)6-3/h7-10,17,19-20H,4-6,11-13H2,1-3H3. The predicted molar refractivity (Wildman–Crippen MR) is 84.0 cm³/mol. The van der Waals surface area contributed by atoms with Crippen molar-refractivity contribution >= 4 is 5.69 Å². The molecule has 0 atom stereocenters. The molecule has 0 amide bonds. The first-order valence-corrected chi connectivity index (χ1v) is 7.45. The van der Waals surface area contributed by atoms with E-state index in [0.717, 1.165) is 18.7 Å². The zero-order valence-corrected chi connectivity index (χ0v) is 12.9. The molecule has 1 aromatic rings. The molecule has 0 aromatic heterocycles. The monoisotopic (exact) mass is 280 g/mol. The number of hydrogen-bond donors (Lipinski definition) is 3. The summed E-state index contributed by atoms with van der Waals surface area (Å²) in [5.74, 6) is 0. The van der Waals surface area contributed by atoms with Crippen LogP contribution in [0.15, 0.2) is 24.3 Å². The molecular formula is C16H28N2O2. The number of hydrogen-bond acceptors (Lipinski definition) is 4. The number of anilines is 1. The zero-order valence-electron chi connectivity index (χ0n) is 12.9. The van der Waals surface area contributed by atoms with Crippen molar-refractivity contribution in [2.75, 3.05) is 31.2 Å². The maximum absolute atomic E-state index is 9.41. The quantitative estimate of drug-likeness (QED) is 0.645. The van der Waals surface area contributed by atoms with E-state index < -0.39 is 5.54 Å². The minimum absolute atomic E-state index is 0.0580. The second-order valence-corrected chi connectivity index (χ2v) is 5.14. The third-order valence-electron chi connectivity index (χ3n) is 4.01. The number of rotatable bonds is 9. The fourth-order valence-corrected chi connectivity index (χ4v) is 2.21. The van der Waals surface area contributed by atoms with Crippen LogP contribution in [0.4, 0.5) is 5.69 Å². The van der Waals surface area contributed by atoms with Crippen LogP contribution < -0.4 is 10.2 Å². The van der Waals surface area contributed by atoms with E-state index in [4.69, 9.17) is 0 Å². The van der Waals surface area contributed by atoms with Gasteiger partial charge in [-0.1, -0.05) is 19.1 Å². The third kappa shape index (κ3) is 4.20. The van der Waals surface area contributed by atoms with Gasteiger partial charge in [0.25, 0.3) is 0 Å². The van der Waals surface area contributed by atoms with E-state index in [9.17, 15) is 10.2 Å². The summed E-state index contributed by atoms with van der Waals surface area (Å²) in [5, 5.41) is 22.1. The average molecular weight is 280 g/mol. The Bertz CT molecular complexity index is 362. The summed E-state index contributed by atoms with van der Waals surface area (Å²) in [5.41, 5.74) is 1.79. The summed E-state index contributed by atoms with van der Waals surface area (Å²) in [6.07, 6.45) is 0.692. The molecule has 0 heterocycles. The van der Waals surface area contributed by atoms with Gasteiger partial charge < -0.3 is 20.4 Å². The number of nitrogens with one attached hydrogen (secondary N) is 1. The molecule has 0 aliphatic carbocycles. The summed E-state index contributed by atoms with van der Waals surface area (Å²) in [4.78, 5) is 2.30. The van der Waals surface area contributed by atoms with E-state index in [1.165, 1.54) is 5.69 Å². The first-order valence-electron chi connectivity index (χ1n) is 7.45. The molecule has 0 aliphatic rings. The molecule has 0 unspecified atom stereocenters. The van der Waals surface area contributed by atoms with Crippen LogP contribution in [-0.4, -0.2) is 42.1 Å². The molecular weight excluding hydrogens is 252 g/mol. The molecule has 0 fully saturated rings. The minimum atomic E-state index is -0.586. The van der Waals surface area contributed by atoms with Crippen LogP contribution in [0.5, 0.6) is 0 Å². The molecule has 0 spiro atoms. The summed E-state index contributed by atoms with van der Waals surface area (Å²) in [6, 6.07) is 8.43. The van der Waals surface area contributed by atoms with Crippen molar-refractivity contribution in [1.29, 1.82) is 0 Å². The summed E-state index contributed by atoms with van der Waals surface area (Å²) in [6.45, 7) is 8.80. The minimum Gasteiger partial charge on any atom is -0.394 e. The molecule has 3 N–H and O–H groups in total. The second-order valence-electron chi connectivity index (χ2n) is 5.14. The molecule has 114 valence electrons. The summed E-state index contributed by atoms with van der Waals surface area (Å²) < 4.78 is 0. The van der Waals surface area contributed by atoms with Gasteiger partial charge >= 0.3 is 0 Å². The van der Waals surface area contributed by atoms with E-state index in [1.807, 2.05) is 6.92 Å². The lowest BCUT2D eigenvalue weighted by Gasteiger charge is -2.30. The van der Waals surface area contributed by atoms with Crippen molar-refractivity contribution in [2.45, 2.75) is 39.3 Å². The SMILES string of the molecule is CCN(CC)c1ccc(CNC(CC)(CO)CO)cc1. The van der Waals surface area contributed by atoms with Crippen molar-refractivity contribution in [3.8, 4) is 0 Å². The number of nitrogens with zero attached hydrogens (tertiary/aromatic N) is 1. The van der Waals surface area contributed by atoms with Gasteiger partial charge in [0.1, 0.15) is 0 Å². The highest BCUT2D eigenvalue weighted by Gasteiger charge is 2.25. The molecule has 4 nitrogen and oxygen atoms in total. The molecule has 4 heteroatoms. The molecule has 0 saturated heterocycles. The Morgan fingerprint density at radius 1 is 1.00 bits per heavy atom. The van der Waals surface area contributed by atoms with Gasteiger partial charge in [0, 0.05) is 25.3 Å². The Kier molecular flexibility index (Phi) is 6.99. The molecule has 0 radical (unpaired) electrons. The van der Waals surface area contributed by atoms with E-state index in [2.05, 4.69) is 48.3 Å². The first kappa shape index (κ1) is 17.0. The molecule has 0 aliphatic heterocycles. The van der Waals surface area contributed by atoms with Gasteiger partial charge in [0.05, 0.1) is 18.8 Å². The van der Waals surface area contributed by atoms with Crippen molar-refractivity contribution in [2.24, 2.45) is 0 Å². The van der Waals surface area contributed by atoms with Crippen LogP contribution in [0.1, 0.15) is 32.8 Å². The van der Waals surface area contributed by atoms with Crippen molar-refractivity contribution in [1.82, 2.24) is 5.32 Å². The number of aliphatic hydroxyl groups is 2. The predicted octanol–water partition coefficient (Wildman–Crippen LogP) is 1.76. The van der Waals surface area contributed by atoms with E-state index in [1.54, 1.807) is 0 Å². The highest BCUT2D eigenvalue weighted by Crippen LogP contribution is 2.16. The van der Waals surface area contributed by atoms with E-state index >= 15 is 0 Å². The van der Waals surface area contributed by atoms with Gasteiger partial charge in [-0.25, -0.2) is 0 Å². The van der Waals surface area contributed by atoms with Crippen molar-refractivity contribution in [3.05, 3.63) is 29.8 Å². The number of aliphatic hydroxyl groups excluding tert-OH is 2. The molecule has 20 heavy (non-hydrogen) atoms. The molecule has 0 bridgehead atoms. The first-order chi connectivity index (χ1) is 9.64. The summed E-state index contributed by atoms with van der Waals surface area (Å²) in [7, 11) is 0. The lowest BCUT2D eigenvalue weighted by Crippen LogP contribution is -2.50. The molecule has 1 rings (SSSR count). The van der Waals surface area contributed by atoms with Gasteiger partial charge in [-0.3, -0.25) is 0 Å². The lowest BCUT2D eigenvalue weighted by atomic mass is 9.98. The maximum Gasteiger partial charge on any atom is 0.0648 e. The fraction of sp³-hybridized carbons (Fsp3) is 0.625. The van der Waals surface area contributed by atoms with Crippen LogP contribution in [-0.2, 0) is 6.54 Å². The molecule has 1 aromatic carbocycles. The maximum atomic E-state index is 9.41. The van der Waals surface area contributed by atoms with Gasteiger partial charge in [0.2, 0.25) is 0 Å². The topological polar surface area (TPSA) is 55.7 Å². The summed E-state index contributed by atoms with van der Waals surface area (Å²) >= 11 is 0. The zero-order chi connectivity index (χ0) is 15.0. The Morgan fingerprint density at radius 3 is 1.95 bits per heavy atom. The van der Waals surface area contributed by atoms with Gasteiger partial charge in [0.15, 0.2) is 0 Å². The Morgan fingerprint density at radius 2 is 1.55 bits per heavy atom. The van der Waals surface area contributed by atoms with Gasteiger partial charge in [-0.2, -0.15) is 0 Å². The van der Waals surface area contributed by atoms with E-state index in [0.29, 0.717) is 13.0 Å². The highest BCUT2D eigenvalue weighted by atomic mass is 16.3. The van der Waals surface area contributed by atoms with Crippen LogP contribution in [0.25, 0.3) is 0 Å². The average Bonchev–Trinajstić information content (AvgIpc) is 2.52. The second kappa shape index (κ2) is 8.25. The van der Waals surface area contributed by atoms with Gasteiger partial charge in [-0.05, 0) is 38.0 Å². The smallest absolute Gasteiger partial charge is 0.0648 e. The van der Waals surface area contributed by atoms with Crippen LogP contribution >= 0.6 is 0 Å². The normalized spacial score (nSPS) is 11.7.